The fourth-order valence-electron chi connectivity index (χ4n) is 2.41. The SMILES string of the molecule is Cc1ccc(/C=C/S(=O)(=O)NCCn2nc(C3CC3)ccc2=O)cc1. The summed E-state index contributed by atoms with van der Waals surface area (Å²) in [6, 6.07) is 10.8. The highest BCUT2D eigenvalue weighted by Gasteiger charge is 2.25. The summed E-state index contributed by atoms with van der Waals surface area (Å²) in [6.07, 6.45) is 3.74. The quantitative estimate of drug-likeness (QED) is 0.820. The molecule has 0 unspecified atom stereocenters. The summed E-state index contributed by atoms with van der Waals surface area (Å²) < 4.78 is 27.8. The Hall–Kier alpha value is -2.25. The van der Waals surface area contributed by atoms with Gasteiger partial charge in [0, 0.05) is 23.9 Å². The van der Waals surface area contributed by atoms with Gasteiger partial charge >= 0.3 is 0 Å². The lowest BCUT2D eigenvalue weighted by Crippen LogP contribution is -2.31. The van der Waals surface area contributed by atoms with Crippen molar-refractivity contribution in [2.24, 2.45) is 0 Å². The third-order valence-corrected chi connectivity index (χ3v) is 5.13. The molecule has 0 saturated heterocycles. The molecular formula is C18H21N3O3S. The Morgan fingerprint density at radius 3 is 2.60 bits per heavy atom. The molecule has 132 valence electrons. The van der Waals surface area contributed by atoms with Gasteiger partial charge in [-0.15, -0.1) is 0 Å². The largest absolute Gasteiger partial charge is 0.268 e. The molecule has 1 heterocycles. The van der Waals surface area contributed by atoms with Crippen molar-refractivity contribution < 1.29 is 8.42 Å². The van der Waals surface area contributed by atoms with Crippen LogP contribution in [0.4, 0.5) is 0 Å². The maximum atomic E-state index is 12.0. The van der Waals surface area contributed by atoms with E-state index >= 15 is 0 Å². The monoisotopic (exact) mass is 359 g/mol. The minimum absolute atomic E-state index is 0.113. The van der Waals surface area contributed by atoms with Crippen LogP contribution in [-0.4, -0.2) is 24.7 Å². The van der Waals surface area contributed by atoms with Crippen LogP contribution in [0.25, 0.3) is 6.08 Å². The van der Waals surface area contributed by atoms with E-state index in [1.807, 2.05) is 31.2 Å². The molecule has 1 aromatic carbocycles. The summed E-state index contributed by atoms with van der Waals surface area (Å²) in [5.41, 5.74) is 2.61. The van der Waals surface area contributed by atoms with Gasteiger partial charge in [0.15, 0.2) is 0 Å². The van der Waals surface area contributed by atoms with E-state index < -0.39 is 10.0 Å². The Morgan fingerprint density at radius 2 is 1.92 bits per heavy atom. The van der Waals surface area contributed by atoms with Crippen molar-refractivity contribution in [1.29, 1.82) is 0 Å². The number of benzene rings is 1. The number of nitrogens with one attached hydrogen (secondary N) is 1. The summed E-state index contributed by atoms with van der Waals surface area (Å²) in [6.45, 7) is 2.29. The maximum absolute atomic E-state index is 12.0. The van der Waals surface area contributed by atoms with Crippen LogP contribution >= 0.6 is 0 Å². The van der Waals surface area contributed by atoms with Crippen LogP contribution in [0.2, 0.25) is 0 Å². The summed E-state index contributed by atoms with van der Waals surface area (Å²) in [5, 5.41) is 5.44. The molecule has 0 radical (unpaired) electrons. The van der Waals surface area contributed by atoms with E-state index in [0.717, 1.165) is 35.1 Å². The van der Waals surface area contributed by atoms with Crippen LogP contribution in [-0.2, 0) is 16.6 Å². The average Bonchev–Trinajstić information content (AvgIpc) is 3.41. The highest BCUT2D eigenvalue weighted by molar-refractivity contribution is 7.92. The van der Waals surface area contributed by atoms with Crippen molar-refractivity contribution in [1.82, 2.24) is 14.5 Å². The molecule has 0 bridgehead atoms. The maximum Gasteiger partial charge on any atom is 0.266 e. The van der Waals surface area contributed by atoms with Gasteiger partial charge in [0.2, 0.25) is 10.0 Å². The van der Waals surface area contributed by atoms with Crippen molar-refractivity contribution in [3.63, 3.8) is 0 Å². The van der Waals surface area contributed by atoms with Gasteiger partial charge in [-0.1, -0.05) is 29.8 Å². The number of sulfonamides is 1. The van der Waals surface area contributed by atoms with E-state index in [1.54, 1.807) is 12.1 Å². The first kappa shape index (κ1) is 17.6. The van der Waals surface area contributed by atoms with Crippen molar-refractivity contribution in [2.75, 3.05) is 6.54 Å². The second kappa shape index (κ2) is 7.33. The first-order valence-electron chi connectivity index (χ1n) is 8.25. The Bertz CT molecular complexity index is 927. The first-order chi connectivity index (χ1) is 11.9. The molecule has 0 aliphatic heterocycles. The number of aromatic nitrogens is 2. The van der Waals surface area contributed by atoms with Gasteiger partial charge < -0.3 is 0 Å². The molecule has 0 amide bonds. The number of aryl methyl sites for hydroxylation is 1. The molecule has 0 atom stereocenters. The number of hydrogen-bond acceptors (Lipinski definition) is 4. The van der Waals surface area contributed by atoms with Gasteiger partial charge in [0.25, 0.3) is 5.56 Å². The third kappa shape index (κ3) is 5.11. The fraction of sp³-hybridized carbons (Fsp3) is 0.333. The van der Waals surface area contributed by atoms with Crippen LogP contribution in [0.3, 0.4) is 0 Å². The van der Waals surface area contributed by atoms with Crippen molar-refractivity contribution in [3.05, 3.63) is 69.0 Å². The van der Waals surface area contributed by atoms with Crippen LogP contribution in [0.1, 0.15) is 35.6 Å². The smallest absolute Gasteiger partial charge is 0.266 e. The van der Waals surface area contributed by atoms with Crippen molar-refractivity contribution >= 4 is 16.1 Å². The molecule has 1 aliphatic carbocycles. The average molecular weight is 359 g/mol. The summed E-state index contributed by atoms with van der Waals surface area (Å²) in [5.74, 6) is 0.445. The van der Waals surface area contributed by atoms with Gasteiger partial charge in [0.05, 0.1) is 12.2 Å². The van der Waals surface area contributed by atoms with E-state index in [1.165, 1.54) is 10.7 Å². The Kier molecular flexibility index (Phi) is 5.15. The molecule has 1 fully saturated rings. The Morgan fingerprint density at radius 1 is 1.20 bits per heavy atom. The normalized spacial score (nSPS) is 14.9. The zero-order valence-corrected chi connectivity index (χ0v) is 14.9. The van der Waals surface area contributed by atoms with Crippen molar-refractivity contribution in [3.8, 4) is 0 Å². The van der Waals surface area contributed by atoms with Gasteiger partial charge in [-0.3, -0.25) is 4.79 Å². The van der Waals surface area contributed by atoms with E-state index in [0.29, 0.717) is 5.92 Å². The molecule has 0 spiro atoms. The second-order valence-electron chi connectivity index (χ2n) is 6.25. The summed E-state index contributed by atoms with van der Waals surface area (Å²) >= 11 is 0. The minimum Gasteiger partial charge on any atom is -0.268 e. The van der Waals surface area contributed by atoms with Crippen LogP contribution < -0.4 is 10.3 Å². The van der Waals surface area contributed by atoms with E-state index in [4.69, 9.17) is 0 Å². The number of hydrogen-bond donors (Lipinski definition) is 1. The van der Waals surface area contributed by atoms with E-state index in [2.05, 4.69) is 9.82 Å². The Balaban J connectivity index is 1.58. The standard InChI is InChI=1S/C18H21N3O3S/c1-14-2-4-15(5-3-14)10-13-25(23,24)19-11-12-21-18(22)9-8-17(20-21)16-6-7-16/h2-5,8-10,13,16,19H,6-7,11-12H2,1H3/b13-10+. The summed E-state index contributed by atoms with van der Waals surface area (Å²) in [7, 11) is -3.56. The van der Waals surface area contributed by atoms with E-state index in [9.17, 15) is 13.2 Å². The minimum atomic E-state index is -3.56. The zero-order valence-electron chi connectivity index (χ0n) is 14.1. The zero-order chi connectivity index (χ0) is 17.9. The molecule has 6 nitrogen and oxygen atoms in total. The predicted octanol–water partition coefficient (Wildman–Crippen LogP) is 2.02. The molecule has 1 saturated carbocycles. The molecule has 3 rings (SSSR count). The number of nitrogens with zero attached hydrogens (tertiary/aromatic N) is 2. The highest BCUT2D eigenvalue weighted by atomic mass is 32.2. The van der Waals surface area contributed by atoms with Crippen LogP contribution in [0, 0.1) is 6.92 Å². The molecule has 25 heavy (non-hydrogen) atoms. The predicted molar refractivity (Wildman–Crippen MR) is 97.6 cm³/mol. The van der Waals surface area contributed by atoms with Gasteiger partial charge in [0.1, 0.15) is 0 Å². The van der Waals surface area contributed by atoms with E-state index in [-0.39, 0.29) is 18.6 Å². The van der Waals surface area contributed by atoms with Gasteiger partial charge in [-0.05, 0) is 37.5 Å². The molecule has 1 aliphatic rings. The van der Waals surface area contributed by atoms with Crippen LogP contribution in [0.15, 0.2) is 46.6 Å². The lowest BCUT2D eigenvalue weighted by Gasteiger charge is -2.07. The lowest BCUT2D eigenvalue weighted by atomic mass is 10.2. The molecule has 7 heteroatoms. The highest BCUT2D eigenvalue weighted by Crippen LogP contribution is 2.38. The summed E-state index contributed by atoms with van der Waals surface area (Å²) in [4.78, 5) is 11.8. The number of rotatable bonds is 7. The Labute approximate surface area is 147 Å². The molecule has 1 N–H and O–H groups in total. The van der Waals surface area contributed by atoms with Crippen molar-refractivity contribution in [2.45, 2.75) is 32.2 Å². The van der Waals surface area contributed by atoms with Gasteiger partial charge in [-0.2, -0.15) is 5.10 Å². The second-order valence-corrected chi connectivity index (χ2v) is 7.90. The van der Waals surface area contributed by atoms with Gasteiger partial charge in [-0.25, -0.2) is 17.8 Å². The lowest BCUT2D eigenvalue weighted by molar-refractivity contribution is 0.545. The van der Waals surface area contributed by atoms with Crippen LogP contribution in [0.5, 0.6) is 0 Å². The molecule has 2 aromatic rings. The molecular weight excluding hydrogens is 338 g/mol. The molecule has 1 aromatic heterocycles. The topological polar surface area (TPSA) is 81.1 Å². The first-order valence-corrected chi connectivity index (χ1v) is 9.80. The third-order valence-electron chi connectivity index (χ3n) is 4.03. The fourth-order valence-corrected chi connectivity index (χ4v) is 3.22.